The molecule has 82 valence electrons. The molecular formula is C9H18N2O3. The molecule has 0 aromatic rings. The second-order valence-corrected chi connectivity index (χ2v) is 3.51. The zero-order valence-electron chi connectivity index (χ0n) is 8.40. The maximum atomic E-state index is 10.7. The largest absolute Gasteiger partial charge is 0.480 e. The Morgan fingerprint density at radius 1 is 1.43 bits per heavy atom. The topological polar surface area (TPSA) is 106 Å². The van der Waals surface area contributed by atoms with Crippen LogP contribution in [0.3, 0.4) is 0 Å². The number of carboxylic acid groups (broad SMARTS) is 1. The second kappa shape index (κ2) is 6.37. The van der Waals surface area contributed by atoms with Gasteiger partial charge in [-0.05, 0) is 12.3 Å². The predicted molar refractivity (Wildman–Crippen MR) is 52.4 cm³/mol. The fraction of sp³-hybridized carbons (Fsp3) is 0.778. The van der Waals surface area contributed by atoms with E-state index in [-0.39, 0.29) is 12.3 Å². The minimum Gasteiger partial charge on any atom is -0.480 e. The van der Waals surface area contributed by atoms with Gasteiger partial charge in [0.1, 0.15) is 6.04 Å². The van der Waals surface area contributed by atoms with Gasteiger partial charge in [-0.1, -0.05) is 19.8 Å². The first-order chi connectivity index (χ1) is 6.47. The zero-order valence-corrected chi connectivity index (χ0v) is 8.40. The molecule has 0 rings (SSSR count). The molecule has 2 atom stereocenters. The Kier molecular flexibility index (Phi) is 5.87. The van der Waals surface area contributed by atoms with Gasteiger partial charge in [0, 0.05) is 6.42 Å². The number of carbonyl (C=O) groups excluding carboxylic acids is 1. The average molecular weight is 202 g/mol. The summed E-state index contributed by atoms with van der Waals surface area (Å²) in [5.74, 6) is -1.44. The van der Waals surface area contributed by atoms with Crippen LogP contribution in [0.2, 0.25) is 0 Å². The highest BCUT2D eigenvalue weighted by Gasteiger charge is 2.19. The highest BCUT2D eigenvalue weighted by atomic mass is 16.4. The first-order valence-corrected chi connectivity index (χ1v) is 4.74. The molecule has 0 aliphatic carbocycles. The molecule has 1 amide bonds. The summed E-state index contributed by atoms with van der Waals surface area (Å²) in [6, 6.07) is -0.897. The summed E-state index contributed by atoms with van der Waals surface area (Å²) in [6.45, 7) is 1.97. The van der Waals surface area contributed by atoms with Crippen LogP contribution in [0.25, 0.3) is 0 Å². The number of nitrogens with two attached hydrogens (primary N) is 2. The van der Waals surface area contributed by atoms with Gasteiger partial charge in [0.2, 0.25) is 5.91 Å². The average Bonchev–Trinajstić information content (AvgIpc) is 2.02. The summed E-state index contributed by atoms with van der Waals surface area (Å²) < 4.78 is 0. The van der Waals surface area contributed by atoms with Crippen LogP contribution >= 0.6 is 0 Å². The first kappa shape index (κ1) is 12.9. The Morgan fingerprint density at radius 2 is 2.00 bits per heavy atom. The van der Waals surface area contributed by atoms with Crippen molar-refractivity contribution < 1.29 is 14.7 Å². The summed E-state index contributed by atoms with van der Waals surface area (Å²) in [5, 5.41) is 8.59. The number of amides is 1. The predicted octanol–water partition coefficient (Wildman–Crippen LogP) is 0.0801. The third-order valence-corrected chi connectivity index (χ3v) is 2.09. The molecule has 0 aromatic heterocycles. The van der Waals surface area contributed by atoms with Crippen molar-refractivity contribution in [1.82, 2.24) is 0 Å². The van der Waals surface area contributed by atoms with Gasteiger partial charge in [0.15, 0.2) is 0 Å². The molecule has 2 unspecified atom stereocenters. The van der Waals surface area contributed by atoms with Crippen molar-refractivity contribution in [3.05, 3.63) is 0 Å². The quantitative estimate of drug-likeness (QED) is 0.543. The number of aliphatic carboxylic acids is 1. The zero-order chi connectivity index (χ0) is 11.1. The van der Waals surface area contributed by atoms with Crippen LogP contribution in [0, 0.1) is 5.92 Å². The smallest absolute Gasteiger partial charge is 0.320 e. The third kappa shape index (κ3) is 5.53. The molecular weight excluding hydrogens is 184 g/mol. The lowest BCUT2D eigenvalue weighted by Crippen LogP contribution is -2.33. The molecule has 5 N–H and O–H groups in total. The maximum absolute atomic E-state index is 10.7. The number of primary amides is 1. The Balaban J connectivity index is 4.07. The van der Waals surface area contributed by atoms with E-state index in [0.717, 1.165) is 12.8 Å². The van der Waals surface area contributed by atoms with E-state index in [0.29, 0.717) is 6.42 Å². The van der Waals surface area contributed by atoms with E-state index in [4.69, 9.17) is 16.6 Å². The monoisotopic (exact) mass is 202 g/mol. The molecule has 5 nitrogen and oxygen atoms in total. The molecule has 0 bridgehead atoms. The summed E-state index contributed by atoms with van der Waals surface area (Å²) >= 11 is 0. The lowest BCUT2D eigenvalue weighted by Gasteiger charge is -2.16. The Hall–Kier alpha value is -1.10. The molecule has 0 saturated heterocycles. The molecule has 0 aliphatic heterocycles. The van der Waals surface area contributed by atoms with Gasteiger partial charge in [0.25, 0.3) is 0 Å². The molecule has 0 fully saturated rings. The van der Waals surface area contributed by atoms with Crippen molar-refractivity contribution in [2.24, 2.45) is 17.4 Å². The SMILES string of the molecule is CCCC(CC(N)=O)CC(N)C(=O)O. The molecule has 0 aromatic carbocycles. The Bertz CT molecular complexity index is 206. The normalized spacial score (nSPS) is 14.7. The fourth-order valence-corrected chi connectivity index (χ4v) is 1.46. The lowest BCUT2D eigenvalue weighted by atomic mass is 9.92. The second-order valence-electron chi connectivity index (χ2n) is 3.51. The van der Waals surface area contributed by atoms with Crippen LogP contribution in [0.15, 0.2) is 0 Å². The van der Waals surface area contributed by atoms with Gasteiger partial charge < -0.3 is 16.6 Å². The van der Waals surface area contributed by atoms with Crippen LogP contribution in [-0.2, 0) is 9.59 Å². The molecule has 0 aliphatic rings. The standard InChI is InChI=1S/C9H18N2O3/c1-2-3-6(5-8(11)12)4-7(10)9(13)14/h6-7H,2-5,10H2,1H3,(H2,11,12)(H,13,14). The van der Waals surface area contributed by atoms with E-state index < -0.39 is 17.9 Å². The van der Waals surface area contributed by atoms with E-state index >= 15 is 0 Å². The maximum Gasteiger partial charge on any atom is 0.320 e. The number of carbonyl (C=O) groups is 2. The number of hydrogen-bond acceptors (Lipinski definition) is 3. The summed E-state index contributed by atoms with van der Waals surface area (Å²) in [6.07, 6.45) is 2.20. The molecule has 5 heteroatoms. The van der Waals surface area contributed by atoms with Crippen LogP contribution in [0.5, 0.6) is 0 Å². The van der Waals surface area contributed by atoms with Crippen molar-refractivity contribution in [1.29, 1.82) is 0 Å². The van der Waals surface area contributed by atoms with Gasteiger partial charge in [-0.25, -0.2) is 0 Å². The van der Waals surface area contributed by atoms with E-state index in [1.54, 1.807) is 0 Å². The van der Waals surface area contributed by atoms with Crippen molar-refractivity contribution in [3.63, 3.8) is 0 Å². The van der Waals surface area contributed by atoms with Crippen molar-refractivity contribution in [2.75, 3.05) is 0 Å². The minimum absolute atomic E-state index is 0.0106. The highest BCUT2D eigenvalue weighted by Crippen LogP contribution is 2.16. The summed E-state index contributed by atoms with van der Waals surface area (Å²) in [4.78, 5) is 21.2. The molecule has 0 radical (unpaired) electrons. The first-order valence-electron chi connectivity index (χ1n) is 4.74. The Labute approximate surface area is 83.5 Å². The van der Waals surface area contributed by atoms with E-state index in [9.17, 15) is 9.59 Å². The molecule has 0 saturated carbocycles. The van der Waals surface area contributed by atoms with Crippen LogP contribution in [-0.4, -0.2) is 23.0 Å². The molecule has 14 heavy (non-hydrogen) atoms. The van der Waals surface area contributed by atoms with Gasteiger partial charge in [-0.2, -0.15) is 0 Å². The van der Waals surface area contributed by atoms with E-state index in [1.165, 1.54) is 0 Å². The minimum atomic E-state index is -1.03. The fourth-order valence-electron chi connectivity index (χ4n) is 1.46. The number of carboxylic acids is 1. The van der Waals surface area contributed by atoms with Crippen LogP contribution < -0.4 is 11.5 Å². The number of rotatable bonds is 7. The Morgan fingerprint density at radius 3 is 2.36 bits per heavy atom. The van der Waals surface area contributed by atoms with E-state index in [1.807, 2.05) is 6.92 Å². The van der Waals surface area contributed by atoms with Gasteiger partial charge >= 0.3 is 5.97 Å². The van der Waals surface area contributed by atoms with E-state index in [2.05, 4.69) is 0 Å². The lowest BCUT2D eigenvalue weighted by molar-refractivity contribution is -0.139. The highest BCUT2D eigenvalue weighted by molar-refractivity contribution is 5.75. The number of hydrogen-bond donors (Lipinski definition) is 3. The van der Waals surface area contributed by atoms with Crippen molar-refractivity contribution in [3.8, 4) is 0 Å². The third-order valence-electron chi connectivity index (χ3n) is 2.09. The van der Waals surface area contributed by atoms with Gasteiger partial charge in [-0.15, -0.1) is 0 Å². The molecule has 0 spiro atoms. The summed E-state index contributed by atoms with van der Waals surface area (Å²) in [7, 11) is 0. The van der Waals surface area contributed by atoms with Crippen molar-refractivity contribution >= 4 is 11.9 Å². The molecule has 0 heterocycles. The van der Waals surface area contributed by atoms with Gasteiger partial charge in [0.05, 0.1) is 0 Å². The van der Waals surface area contributed by atoms with Gasteiger partial charge in [-0.3, -0.25) is 9.59 Å². The summed E-state index contributed by atoms with van der Waals surface area (Å²) in [5.41, 5.74) is 10.4. The van der Waals surface area contributed by atoms with Crippen LogP contribution in [0.4, 0.5) is 0 Å². The van der Waals surface area contributed by atoms with Crippen molar-refractivity contribution in [2.45, 2.75) is 38.6 Å². The van der Waals surface area contributed by atoms with Crippen LogP contribution in [0.1, 0.15) is 32.6 Å².